The van der Waals surface area contributed by atoms with Crippen LogP contribution < -0.4 is 10.9 Å². The second-order valence-electron chi connectivity index (χ2n) is 12.4. The molecule has 1 aliphatic carbocycles. The highest BCUT2D eigenvalue weighted by Crippen LogP contribution is 2.47. The number of fused-ring (bicyclic) bond motifs is 3. The van der Waals surface area contributed by atoms with Gasteiger partial charge in [0, 0.05) is 5.92 Å². The molecule has 2 aromatic carbocycles. The molecule has 0 atom stereocenters. The molecular formula is C29H38B2O6. The van der Waals surface area contributed by atoms with Gasteiger partial charge in [-0.3, -0.25) is 4.79 Å². The molecule has 6 nitrogen and oxygen atoms in total. The van der Waals surface area contributed by atoms with Crippen LogP contribution in [0.3, 0.4) is 0 Å². The first-order valence-corrected chi connectivity index (χ1v) is 13.3. The minimum Gasteiger partial charge on any atom is -0.466 e. The van der Waals surface area contributed by atoms with Gasteiger partial charge in [-0.2, -0.15) is 0 Å². The summed E-state index contributed by atoms with van der Waals surface area (Å²) in [6, 6.07) is 12.6. The lowest BCUT2D eigenvalue weighted by molar-refractivity contribution is -0.143. The highest BCUT2D eigenvalue weighted by atomic mass is 16.7. The van der Waals surface area contributed by atoms with E-state index in [4.69, 9.17) is 23.4 Å². The maximum atomic E-state index is 12.7. The lowest BCUT2D eigenvalue weighted by Crippen LogP contribution is -2.41. The molecule has 2 saturated heterocycles. The molecule has 3 aliphatic rings. The molecule has 37 heavy (non-hydrogen) atoms. The molecule has 2 aliphatic heterocycles. The molecule has 5 rings (SSSR count). The molecule has 2 aromatic rings. The van der Waals surface area contributed by atoms with Crippen LogP contribution in [-0.2, 0) is 28.1 Å². The van der Waals surface area contributed by atoms with Crippen molar-refractivity contribution >= 4 is 31.1 Å². The normalized spacial score (nSPS) is 22.7. The van der Waals surface area contributed by atoms with Crippen LogP contribution in [0.5, 0.6) is 0 Å². The van der Waals surface area contributed by atoms with Crippen LogP contribution in [0.1, 0.15) is 85.8 Å². The Bertz CT molecular complexity index is 1120. The number of carbonyl (C=O) groups is 1. The van der Waals surface area contributed by atoms with Crippen molar-refractivity contribution in [1.29, 1.82) is 0 Å². The monoisotopic (exact) mass is 504 g/mol. The van der Waals surface area contributed by atoms with E-state index in [2.05, 4.69) is 91.8 Å². The summed E-state index contributed by atoms with van der Waals surface area (Å²) in [5, 5.41) is 0. The molecule has 8 heteroatoms. The topological polar surface area (TPSA) is 63.2 Å². The van der Waals surface area contributed by atoms with Gasteiger partial charge in [0.05, 0.1) is 35.4 Å². The molecule has 0 unspecified atom stereocenters. The first-order valence-electron chi connectivity index (χ1n) is 13.3. The third-order valence-corrected chi connectivity index (χ3v) is 8.92. The quantitative estimate of drug-likeness (QED) is 0.446. The largest absolute Gasteiger partial charge is 0.494 e. The Kier molecular flexibility index (Phi) is 6.23. The molecule has 0 bridgehead atoms. The maximum Gasteiger partial charge on any atom is 0.494 e. The first-order chi connectivity index (χ1) is 17.2. The summed E-state index contributed by atoms with van der Waals surface area (Å²) >= 11 is 0. The average Bonchev–Trinajstić information content (AvgIpc) is 3.30. The zero-order chi connectivity index (χ0) is 27.0. The molecule has 0 aromatic heterocycles. The van der Waals surface area contributed by atoms with Crippen molar-refractivity contribution in [3.63, 3.8) is 0 Å². The van der Waals surface area contributed by atoms with Gasteiger partial charge in [0.2, 0.25) is 0 Å². The molecule has 0 N–H and O–H groups in total. The highest BCUT2D eigenvalue weighted by molar-refractivity contribution is 6.62. The van der Waals surface area contributed by atoms with Crippen molar-refractivity contribution in [2.24, 2.45) is 0 Å². The third-order valence-electron chi connectivity index (χ3n) is 8.92. The van der Waals surface area contributed by atoms with Crippen LogP contribution >= 0.6 is 0 Å². The van der Waals surface area contributed by atoms with E-state index in [1.165, 1.54) is 0 Å². The predicted octanol–water partition coefficient (Wildman–Crippen LogP) is 4.35. The smallest absolute Gasteiger partial charge is 0.466 e. The zero-order valence-electron chi connectivity index (χ0n) is 23.6. The van der Waals surface area contributed by atoms with Gasteiger partial charge in [0.25, 0.3) is 0 Å². The van der Waals surface area contributed by atoms with Crippen LogP contribution in [0, 0.1) is 0 Å². The molecule has 2 fully saturated rings. The van der Waals surface area contributed by atoms with Gasteiger partial charge in [-0.1, -0.05) is 36.4 Å². The summed E-state index contributed by atoms with van der Waals surface area (Å²) < 4.78 is 30.6. The van der Waals surface area contributed by atoms with Gasteiger partial charge in [-0.15, -0.1) is 0 Å². The highest BCUT2D eigenvalue weighted by Gasteiger charge is 2.53. The van der Waals surface area contributed by atoms with Gasteiger partial charge in [-0.05, 0) is 95.5 Å². The number of rotatable bonds is 5. The Morgan fingerprint density at radius 1 is 0.730 bits per heavy atom. The Morgan fingerprint density at radius 2 is 1.11 bits per heavy atom. The second-order valence-corrected chi connectivity index (χ2v) is 12.4. The Morgan fingerprint density at radius 3 is 1.46 bits per heavy atom. The van der Waals surface area contributed by atoms with Crippen molar-refractivity contribution in [2.45, 2.75) is 97.1 Å². The van der Waals surface area contributed by atoms with Crippen LogP contribution in [-0.4, -0.2) is 49.2 Å². The Balaban J connectivity index is 1.53. The van der Waals surface area contributed by atoms with Gasteiger partial charge < -0.3 is 23.4 Å². The maximum absolute atomic E-state index is 12.7. The SMILES string of the molecule is CCOC(=O)CC1c2cc(B3OC(C)(C)C(C)(C)O3)ccc2-c2ccc(B3OC(C)(C)C(C)(C)O3)cc21. The summed E-state index contributed by atoms with van der Waals surface area (Å²) in [5.74, 6) is -0.359. The van der Waals surface area contributed by atoms with Crippen molar-refractivity contribution < 1.29 is 28.1 Å². The number of hydrogen-bond donors (Lipinski definition) is 0. The summed E-state index contributed by atoms with van der Waals surface area (Å²) in [4.78, 5) is 12.7. The summed E-state index contributed by atoms with van der Waals surface area (Å²) in [6.45, 7) is 18.6. The lowest BCUT2D eigenvalue weighted by Gasteiger charge is -2.32. The van der Waals surface area contributed by atoms with Crippen molar-refractivity contribution in [3.05, 3.63) is 47.5 Å². The second kappa shape index (κ2) is 8.70. The van der Waals surface area contributed by atoms with Gasteiger partial charge >= 0.3 is 20.2 Å². The summed E-state index contributed by atoms with van der Waals surface area (Å²) in [6.07, 6.45) is 0.257. The van der Waals surface area contributed by atoms with Crippen LogP contribution in [0.4, 0.5) is 0 Å². The van der Waals surface area contributed by atoms with Crippen LogP contribution in [0.25, 0.3) is 11.1 Å². The van der Waals surface area contributed by atoms with E-state index in [1.54, 1.807) is 0 Å². The average molecular weight is 504 g/mol. The fourth-order valence-corrected chi connectivity index (χ4v) is 5.26. The van der Waals surface area contributed by atoms with Crippen molar-refractivity contribution in [2.75, 3.05) is 6.61 Å². The summed E-state index contributed by atoms with van der Waals surface area (Å²) in [5.41, 5.74) is 4.58. The number of ether oxygens (including phenoxy) is 1. The molecule has 2 heterocycles. The van der Waals surface area contributed by atoms with E-state index in [0.29, 0.717) is 6.61 Å². The van der Waals surface area contributed by atoms with E-state index in [9.17, 15) is 4.79 Å². The van der Waals surface area contributed by atoms with Gasteiger partial charge in [-0.25, -0.2) is 0 Å². The van der Waals surface area contributed by atoms with Crippen LogP contribution in [0.15, 0.2) is 36.4 Å². The zero-order valence-corrected chi connectivity index (χ0v) is 23.6. The van der Waals surface area contributed by atoms with Gasteiger partial charge in [0.1, 0.15) is 0 Å². The van der Waals surface area contributed by atoms with E-state index in [1.807, 2.05) is 6.92 Å². The molecular weight excluding hydrogens is 466 g/mol. The van der Waals surface area contributed by atoms with E-state index in [-0.39, 0.29) is 18.3 Å². The van der Waals surface area contributed by atoms with Crippen molar-refractivity contribution in [3.8, 4) is 11.1 Å². The molecule has 0 radical (unpaired) electrons. The van der Waals surface area contributed by atoms with E-state index in [0.717, 1.165) is 33.2 Å². The predicted molar refractivity (Wildman–Crippen MR) is 146 cm³/mol. The molecule has 0 saturated carbocycles. The van der Waals surface area contributed by atoms with E-state index < -0.39 is 36.6 Å². The molecule has 196 valence electrons. The Labute approximate surface area is 221 Å². The number of hydrogen-bond acceptors (Lipinski definition) is 6. The number of esters is 1. The van der Waals surface area contributed by atoms with Gasteiger partial charge in [0.15, 0.2) is 0 Å². The molecule has 0 spiro atoms. The Hall–Kier alpha value is -2.12. The first kappa shape index (κ1) is 26.5. The fourth-order valence-electron chi connectivity index (χ4n) is 5.26. The summed E-state index contributed by atoms with van der Waals surface area (Å²) in [7, 11) is -0.940. The minimum absolute atomic E-state index is 0.145. The lowest BCUT2D eigenvalue weighted by atomic mass is 9.76. The minimum atomic E-state index is -0.470. The number of carbonyl (C=O) groups excluding carboxylic acids is 1. The standard InChI is InChI=1S/C29H38B2O6/c1-10-33-25(32)17-24-22-15-18(30-34-26(2,3)27(4,5)35-30)11-13-20(22)21-14-12-19(16-23(21)24)31-36-28(6,7)29(8,9)37-31/h11-16,24H,10,17H2,1-9H3. The fraction of sp³-hybridized carbons (Fsp3) is 0.552. The van der Waals surface area contributed by atoms with Crippen molar-refractivity contribution in [1.82, 2.24) is 0 Å². The number of benzene rings is 2. The third kappa shape index (κ3) is 4.36. The van der Waals surface area contributed by atoms with Crippen LogP contribution in [0.2, 0.25) is 0 Å². The van der Waals surface area contributed by atoms with E-state index >= 15 is 0 Å². The molecule has 0 amide bonds.